The van der Waals surface area contributed by atoms with Crippen LogP contribution >= 0.6 is 23.2 Å². The maximum atomic E-state index is 11.7. The lowest BCUT2D eigenvalue weighted by Gasteiger charge is -2.21. The minimum absolute atomic E-state index is 0.132. The minimum atomic E-state index is 0.132. The highest BCUT2D eigenvalue weighted by atomic mass is 35.5. The van der Waals surface area contributed by atoms with Gasteiger partial charge in [0.25, 0.3) is 0 Å². The molecular formula is C42H44Cl2N4O4. The van der Waals surface area contributed by atoms with Crippen LogP contribution in [0.2, 0.25) is 10.0 Å². The predicted molar refractivity (Wildman–Crippen MR) is 206 cm³/mol. The molecule has 4 aromatic rings. The van der Waals surface area contributed by atoms with Crippen molar-refractivity contribution in [2.75, 3.05) is 27.3 Å². The molecule has 0 unspecified atom stereocenters. The first-order valence-corrected chi connectivity index (χ1v) is 19.1. The molecule has 2 aliphatic heterocycles. The molecule has 0 spiro atoms. The Bertz CT molecular complexity index is 1910. The van der Waals surface area contributed by atoms with Gasteiger partial charge in [-0.3, -0.25) is 9.59 Å². The van der Waals surface area contributed by atoms with Gasteiger partial charge in [0.1, 0.15) is 11.5 Å². The number of carbonyl (C=O) groups excluding carboxylic acids is 2. The smallest absolute Gasteiger partial charge is 0.220 e. The fraction of sp³-hybridized carbons (Fsp3) is 0.381. The average molecular weight is 740 g/mol. The van der Waals surface area contributed by atoms with Crippen molar-refractivity contribution in [2.24, 2.45) is 0 Å². The fourth-order valence-electron chi connectivity index (χ4n) is 8.67. The summed E-state index contributed by atoms with van der Waals surface area (Å²) in [7, 11) is 3.44. The fourth-order valence-corrected chi connectivity index (χ4v) is 9.35. The molecule has 2 amide bonds. The molecule has 2 heterocycles. The number of ether oxygens (including phenoxy) is 2. The first-order chi connectivity index (χ1) is 25.3. The third kappa shape index (κ3) is 6.66. The lowest BCUT2D eigenvalue weighted by molar-refractivity contribution is -0.120. The van der Waals surface area contributed by atoms with E-state index in [1.165, 1.54) is 22.3 Å². The van der Waals surface area contributed by atoms with Gasteiger partial charge in [-0.2, -0.15) is 0 Å². The second kappa shape index (κ2) is 14.7. The number of aryl methyl sites for hydroxylation is 2. The standard InChI is InChI=1S/C42H44Cl2N4O4/c1-51-35-19-25(17-23-9-13-33(39(23)35)45-21-27-11-15-37(49)47-27)29-5-3-7-31(41(29)43)32-8-4-6-30(42(32)44)26-18-24-10-14-34(40(24)36(20-26)52-2)46-22-28-12-16-38(50)48-28/h3-8,17-20,27-28,33-34,45-46H,9-16,21-22H2,1-2H3,(H,47,49)(H,48,50)/t27-,28-,33-,34+/m1/s1. The van der Waals surface area contributed by atoms with Crippen LogP contribution in [-0.2, 0) is 22.4 Å². The number of rotatable bonds is 11. The predicted octanol–water partition coefficient (Wildman–Crippen LogP) is 7.72. The molecule has 4 aromatic carbocycles. The van der Waals surface area contributed by atoms with Gasteiger partial charge in [-0.05, 0) is 72.9 Å². The third-order valence-electron chi connectivity index (χ3n) is 11.3. The zero-order chi connectivity index (χ0) is 35.9. The first kappa shape index (κ1) is 35.0. The largest absolute Gasteiger partial charge is 0.496 e. The van der Waals surface area contributed by atoms with Crippen molar-refractivity contribution in [3.8, 4) is 44.9 Å². The van der Waals surface area contributed by atoms with Gasteiger partial charge in [0.2, 0.25) is 11.8 Å². The van der Waals surface area contributed by atoms with Crippen molar-refractivity contribution in [1.82, 2.24) is 21.3 Å². The van der Waals surface area contributed by atoms with Crippen molar-refractivity contribution in [3.05, 3.63) is 93.0 Å². The van der Waals surface area contributed by atoms with Gasteiger partial charge in [-0.15, -0.1) is 0 Å². The van der Waals surface area contributed by atoms with Gasteiger partial charge in [-0.25, -0.2) is 0 Å². The molecule has 4 N–H and O–H groups in total. The molecule has 0 aromatic heterocycles. The highest BCUT2D eigenvalue weighted by Gasteiger charge is 2.31. The Kier molecular flexibility index (Phi) is 9.92. The normalized spacial score (nSPS) is 21.9. The molecule has 0 radical (unpaired) electrons. The maximum Gasteiger partial charge on any atom is 0.220 e. The SMILES string of the molecule is COc1cc(-c2cccc(-c3cccc(-c4cc5c(c(OC)c4)[C@H](NC[C@H]4CCC(=O)N4)CC5)c3Cl)c2Cl)cc2c1[C@@H](NC[C@H]1CCC(=O)N1)CC2. The summed E-state index contributed by atoms with van der Waals surface area (Å²) in [6, 6.07) is 21.5. The Labute approximate surface area is 315 Å². The summed E-state index contributed by atoms with van der Waals surface area (Å²) >= 11 is 14.6. The number of hydrogen-bond acceptors (Lipinski definition) is 6. The van der Waals surface area contributed by atoms with E-state index < -0.39 is 0 Å². The zero-order valence-electron chi connectivity index (χ0n) is 29.5. The van der Waals surface area contributed by atoms with Crippen LogP contribution in [-0.4, -0.2) is 51.2 Å². The van der Waals surface area contributed by atoms with E-state index in [4.69, 9.17) is 32.7 Å². The van der Waals surface area contributed by atoms with Crippen LogP contribution in [0.1, 0.15) is 72.9 Å². The van der Waals surface area contributed by atoms with Crippen molar-refractivity contribution in [2.45, 2.75) is 75.5 Å². The van der Waals surface area contributed by atoms with E-state index in [-0.39, 0.29) is 36.0 Å². The Hall–Kier alpha value is -4.08. The summed E-state index contributed by atoms with van der Waals surface area (Å²) in [6.07, 6.45) is 6.73. The zero-order valence-corrected chi connectivity index (χ0v) is 31.1. The van der Waals surface area contributed by atoms with Crippen molar-refractivity contribution >= 4 is 35.0 Å². The van der Waals surface area contributed by atoms with Crippen LogP contribution in [0.25, 0.3) is 33.4 Å². The lowest BCUT2D eigenvalue weighted by atomic mass is 9.93. The Morgan fingerprint density at radius 3 is 1.42 bits per heavy atom. The molecule has 10 heteroatoms. The Morgan fingerprint density at radius 1 is 0.615 bits per heavy atom. The molecule has 0 bridgehead atoms. The van der Waals surface area contributed by atoms with Crippen LogP contribution < -0.4 is 30.7 Å². The highest BCUT2D eigenvalue weighted by molar-refractivity contribution is 6.39. The molecule has 0 saturated carbocycles. The summed E-state index contributed by atoms with van der Waals surface area (Å²) in [5, 5.41) is 14.7. The molecule has 8 rings (SSSR count). The van der Waals surface area contributed by atoms with E-state index in [2.05, 4.69) is 57.7 Å². The van der Waals surface area contributed by atoms with Gasteiger partial charge in [0.15, 0.2) is 0 Å². The summed E-state index contributed by atoms with van der Waals surface area (Å²) in [4.78, 5) is 23.4. The molecule has 4 atom stereocenters. The van der Waals surface area contributed by atoms with E-state index in [0.29, 0.717) is 22.9 Å². The lowest BCUT2D eigenvalue weighted by Crippen LogP contribution is -2.36. The van der Waals surface area contributed by atoms with Gasteiger partial charge in [0, 0.05) is 83.5 Å². The topological polar surface area (TPSA) is 101 Å². The molecule has 8 nitrogen and oxygen atoms in total. The number of hydrogen-bond donors (Lipinski definition) is 4. The summed E-state index contributed by atoms with van der Waals surface area (Å²) in [5.41, 5.74) is 10.4. The number of nitrogens with one attached hydrogen (secondary N) is 4. The second-order valence-electron chi connectivity index (χ2n) is 14.4. The number of amides is 2. The minimum Gasteiger partial charge on any atom is -0.496 e. The number of halogens is 2. The van der Waals surface area contributed by atoms with Crippen LogP contribution in [0.15, 0.2) is 60.7 Å². The quantitative estimate of drug-likeness (QED) is 0.126. The molecule has 2 saturated heterocycles. The summed E-state index contributed by atoms with van der Waals surface area (Å²) < 4.78 is 11.9. The number of carbonyl (C=O) groups is 2. The van der Waals surface area contributed by atoms with E-state index in [1.807, 2.05) is 24.3 Å². The van der Waals surface area contributed by atoms with Gasteiger partial charge < -0.3 is 30.7 Å². The van der Waals surface area contributed by atoms with Crippen LogP contribution in [0.4, 0.5) is 0 Å². The van der Waals surface area contributed by atoms with Crippen molar-refractivity contribution in [3.63, 3.8) is 0 Å². The average Bonchev–Trinajstić information content (AvgIpc) is 3.96. The van der Waals surface area contributed by atoms with Gasteiger partial charge >= 0.3 is 0 Å². The highest BCUT2D eigenvalue weighted by Crippen LogP contribution is 2.47. The van der Waals surface area contributed by atoms with E-state index in [0.717, 1.165) is 96.5 Å². The molecule has 2 fully saturated rings. The summed E-state index contributed by atoms with van der Waals surface area (Å²) in [5.74, 6) is 1.94. The third-order valence-corrected chi connectivity index (χ3v) is 12.1. The molecule has 270 valence electrons. The van der Waals surface area contributed by atoms with E-state index >= 15 is 0 Å². The Balaban J connectivity index is 1.07. The second-order valence-corrected chi connectivity index (χ2v) is 15.2. The molecule has 2 aliphatic carbocycles. The van der Waals surface area contributed by atoms with Crippen LogP contribution in [0.5, 0.6) is 11.5 Å². The van der Waals surface area contributed by atoms with E-state index in [9.17, 15) is 9.59 Å². The molecule has 52 heavy (non-hydrogen) atoms. The maximum absolute atomic E-state index is 11.7. The molecular weight excluding hydrogens is 695 g/mol. The number of benzene rings is 4. The van der Waals surface area contributed by atoms with Gasteiger partial charge in [0.05, 0.1) is 24.3 Å². The first-order valence-electron chi connectivity index (χ1n) is 18.4. The van der Waals surface area contributed by atoms with Crippen LogP contribution in [0.3, 0.4) is 0 Å². The van der Waals surface area contributed by atoms with Gasteiger partial charge in [-0.1, -0.05) is 71.7 Å². The van der Waals surface area contributed by atoms with Crippen LogP contribution in [0, 0.1) is 0 Å². The summed E-state index contributed by atoms with van der Waals surface area (Å²) in [6.45, 7) is 1.49. The molecule has 4 aliphatic rings. The van der Waals surface area contributed by atoms with Crippen molar-refractivity contribution in [1.29, 1.82) is 0 Å². The monoisotopic (exact) mass is 738 g/mol. The van der Waals surface area contributed by atoms with E-state index in [1.54, 1.807) is 14.2 Å². The Morgan fingerprint density at radius 2 is 1.04 bits per heavy atom. The van der Waals surface area contributed by atoms with Crippen molar-refractivity contribution < 1.29 is 19.1 Å². The number of fused-ring (bicyclic) bond motifs is 2. The number of methoxy groups -OCH3 is 2.